The molecule has 4 nitrogen and oxygen atoms in total. The predicted molar refractivity (Wildman–Crippen MR) is 95.0 cm³/mol. The molecule has 0 aliphatic heterocycles. The first-order valence-electron chi connectivity index (χ1n) is 8.33. The van der Waals surface area contributed by atoms with E-state index in [1.54, 1.807) is 7.11 Å². The van der Waals surface area contributed by atoms with Gasteiger partial charge in [0.2, 0.25) is 0 Å². The van der Waals surface area contributed by atoms with Gasteiger partial charge in [0.25, 0.3) is 0 Å². The molecule has 0 saturated heterocycles. The largest absolute Gasteiger partial charge is 0.497 e. The van der Waals surface area contributed by atoms with Crippen LogP contribution in [0.3, 0.4) is 0 Å². The lowest BCUT2D eigenvalue weighted by molar-refractivity contribution is 0.126. The number of hydrogen-bond donors (Lipinski definition) is 2. The van der Waals surface area contributed by atoms with Crippen LogP contribution in [0.4, 0.5) is 5.69 Å². The number of aliphatic hydroxyl groups excluding tert-OH is 1. The minimum absolute atomic E-state index is 0.179. The van der Waals surface area contributed by atoms with Gasteiger partial charge in [-0.05, 0) is 61.1 Å². The number of nitrogens with zero attached hydrogens (tertiary/aromatic N) is 1. The maximum atomic E-state index is 9.64. The van der Waals surface area contributed by atoms with Crippen LogP contribution >= 0.6 is 0 Å². The number of ether oxygens (including phenoxy) is 1. The molecule has 1 aliphatic rings. The van der Waals surface area contributed by atoms with Gasteiger partial charge in [0.05, 0.1) is 24.5 Å². The molecule has 2 N–H and O–H groups in total. The van der Waals surface area contributed by atoms with Gasteiger partial charge in [0.15, 0.2) is 0 Å². The van der Waals surface area contributed by atoms with E-state index in [-0.39, 0.29) is 6.10 Å². The normalized spacial score (nSPS) is 20.2. The third-order valence-electron chi connectivity index (χ3n) is 4.60. The summed E-state index contributed by atoms with van der Waals surface area (Å²) in [6, 6.07) is 16.3. The predicted octanol–water partition coefficient (Wildman–Crippen LogP) is 3.95. The maximum absolute atomic E-state index is 9.64. The Kier molecular flexibility index (Phi) is 5.02. The van der Waals surface area contributed by atoms with E-state index in [4.69, 9.17) is 4.74 Å². The van der Waals surface area contributed by atoms with E-state index in [9.17, 15) is 10.4 Å². The molecule has 1 fully saturated rings. The van der Waals surface area contributed by atoms with E-state index in [1.165, 1.54) is 0 Å². The Labute approximate surface area is 142 Å². The van der Waals surface area contributed by atoms with E-state index < -0.39 is 0 Å². The van der Waals surface area contributed by atoms with Gasteiger partial charge in [0.1, 0.15) is 11.8 Å². The molecular formula is C20H22N2O2. The molecule has 4 heteroatoms. The Morgan fingerprint density at radius 1 is 1.08 bits per heavy atom. The van der Waals surface area contributed by atoms with Crippen molar-refractivity contribution in [2.24, 2.45) is 0 Å². The van der Waals surface area contributed by atoms with Gasteiger partial charge in [-0.3, -0.25) is 0 Å². The summed E-state index contributed by atoms with van der Waals surface area (Å²) in [5, 5.41) is 22.5. The molecule has 1 aliphatic carbocycles. The quantitative estimate of drug-likeness (QED) is 0.894. The van der Waals surface area contributed by atoms with Crippen LogP contribution < -0.4 is 10.1 Å². The van der Waals surface area contributed by atoms with Gasteiger partial charge in [-0.2, -0.15) is 5.26 Å². The number of nitriles is 1. The summed E-state index contributed by atoms with van der Waals surface area (Å²) in [5.41, 5.74) is 3.61. The third-order valence-corrected chi connectivity index (χ3v) is 4.60. The summed E-state index contributed by atoms with van der Waals surface area (Å²) in [6.07, 6.45) is 3.30. The lowest BCUT2D eigenvalue weighted by atomic mass is 9.92. The summed E-state index contributed by atoms with van der Waals surface area (Å²) >= 11 is 0. The number of methoxy groups -OCH3 is 1. The highest BCUT2D eigenvalue weighted by Crippen LogP contribution is 2.30. The summed E-state index contributed by atoms with van der Waals surface area (Å²) in [6.45, 7) is 0. The summed E-state index contributed by atoms with van der Waals surface area (Å²) in [5.74, 6) is 0.813. The molecule has 24 heavy (non-hydrogen) atoms. The van der Waals surface area contributed by atoms with Crippen molar-refractivity contribution in [1.29, 1.82) is 5.26 Å². The number of aliphatic hydroxyl groups is 1. The Bertz CT molecular complexity index is 744. The fraction of sp³-hybridized carbons (Fsp3) is 0.350. The molecule has 0 radical (unpaired) electrons. The van der Waals surface area contributed by atoms with Crippen molar-refractivity contribution >= 4 is 5.69 Å². The molecule has 2 aromatic carbocycles. The zero-order valence-corrected chi connectivity index (χ0v) is 13.8. The molecule has 0 bridgehead atoms. The first-order valence-corrected chi connectivity index (χ1v) is 8.33. The number of anilines is 1. The highest BCUT2D eigenvalue weighted by molar-refractivity contribution is 5.73. The minimum Gasteiger partial charge on any atom is -0.497 e. The monoisotopic (exact) mass is 322 g/mol. The molecule has 2 aromatic rings. The lowest BCUT2D eigenvalue weighted by Crippen LogP contribution is -2.28. The second-order valence-corrected chi connectivity index (χ2v) is 6.25. The second kappa shape index (κ2) is 7.37. The van der Waals surface area contributed by atoms with Crippen molar-refractivity contribution in [1.82, 2.24) is 0 Å². The van der Waals surface area contributed by atoms with Crippen molar-refractivity contribution in [3.63, 3.8) is 0 Å². The maximum Gasteiger partial charge on any atom is 0.119 e. The molecule has 0 heterocycles. The second-order valence-electron chi connectivity index (χ2n) is 6.25. The molecule has 1 saturated carbocycles. The average Bonchev–Trinajstić information content (AvgIpc) is 2.63. The van der Waals surface area contributed by atoms with Gasteiger partial charge in [-0.1, -0.05) is 18.2 Å². The van der Waals surface area contributed by atoms with Crippen molar-refractivity contribution in [3.05, 3.63) is 48.0 Å². The topological polar surface area (TPSA) is 65.3 Å². The lowest BCUT2D eigenvalue weighted by Gasteiger charge is -2.27. The Balaban J connectivity index is 1.86. The van der Waals surface area contributed by atoms with Crippen LogP contribution in [0.2, 0.25) is 0 Å². The summed E-state index contributed by atoms with van der Waals surface area (Å²) in [4.78, 5) is 0. The van der Waals surface area contributed by atoms with E-state index in [1.807, 2.05) is 42.5 Å². The number of rotatable bonds is 4. The smallest absolute Gasteiger partial charge is 0.119 e. The molecular weight excluding hydrogens is 300 g/mol. The minimum atomic E-state index is -0.179. The first-order chi connectivity index (χ1) is 11.7. The highest BCUT2D eigenvalue weighted by Gasteiger charge is 2.20. The van der Waals surface area contributed by atoms with Gasteiger partial charge >= 0.3 is 0 Å². The van der Waals surface area contributed by atoms with Crippen LogP contribution in [-0.2, 0) is 0 Å². The SMILES string of the molecule is COc1cccc(-c2ccc(C#N)c(NC3CCC(O)CC3)c2)c1. The van der Waals surface area contributed by atoms with Crippen LogP contribution in [-0.4, -0.2) is 24.4 Å². The van der Waals surface area contributed by atoms with Crippen molar-refractivity contribution < 1.29 is 9.84 Å². The molecule has 0 atom stereocenters. The summed E-state index contributed by atoms with van der Waals surface area (Å²) < 4.78 is 5.29. The van der Waals surface area contributed by atoms with E-state index in [0.717, 1.165) is 48.2 Å². The third kappa shape index (κ3) is 3.69. The Hall–Kier alpha value is -2.51. The summed E-state index contributed by atoms with van der Waals surface area (Å²) in [7, 11) is 1.66. The number of benzene rings is 2. The molecule has 0 spiro atoms. The number of nitrogens with one attached hydrogen (secondary N) is 1. The average molecular weight is 322 g/mol. The van der Waals surface area contributed by atoms with Crippen molar-refractivity contribution in [2.45, 2.75) is 37.8 Å². The molecule has 124 valence electrons. The van der Waals surface area contributed by atoms with Crippen LogP contribution in [0.5, 0.6) is 5.75 Å². The van der Waals surface area contributed by atoms with Gasteiger partial charge < -0.3 is 15.2 Å². The number of hydrogen-bond acceptors (Lipinski definition) is 4. The molecule has 0 amide bonds. The van der Waals surface area contributed by atoms with Gasteiger partial charge in [0, 0.05) is 6.04 Å². The Morgan fingerprint density at radius 2 is 1.83 bits per heavy atom. The van der Waals surface area contributed by atoms with E-state index in [0.29, 0.717) is 11.6 Å². The zero-order valence-electron chi connectivity index (χ0n) is 13.8. The zero-order chi connectivity index (χ0) is 16.9. The first kappa shape index (κ1) is 16.4. The molecule has 0 aromatic heterocycles. The molecule has 3 rings (SSSR count). The molecule has 0 unspecified atom stereocenters. The van der Waals surface area contributed by atoms with Crippen molar-refractivity contribution in [2.75, 3.05) is 12.4 Å². The standard InChI is InChI=1S/C20H22N2O2/c1-24-19-4-2-3-14(11-19)15-5-6-16(13-21)20(12-15)22-17-7-9-18(23)10-8-17/h2-6,11-12,17-18,22-23H,7-10H2,1H3. The van der Waals surface area contributed by atoms with Crippen LogP contribution in [0, 0.1) is 11.3 Å². The van der Waals surface area contributed by atoms with Crippen LogP contribution in [0.1, 0.15) is 31.2 Å². The van der Waals surface area contributed by atoms with Crippen LogP contribution in [0.25, 0.3) is 11.1 Å². The highest BCUT2D eigenvalue weighted by atomic mass is 16.5. The fourth-order valence-corrected chi connectivity index (χ4v) is 3.18. The van der Waals surface area contributed by atoms with Gasteiger partial charge in [-0.15, -0.1) is 0 Å². The Morgan fingerprint density at radius 3 is 2.54 bits per heavy atom. The van der Waals surface area contributed by atoms with Crippen molar-refractivity contribution in [3.8, 4) is 22.9 Å². The van der Waals surface area contributed by atoms with Crippen LogP contribution in [0.15, 0.2) is 42.5 Å². The fourth-order valence-electron chi connectivity index (χ4n) is 3.18. The van der Waals surface area contributed by atoms with Gasteiger partial charge in [-0.25, -0.2) is 0 Å². The van der Waals surface area contributed by atoms with E-state index >= 15 is 0 Å². The van der Waals surface area contributed by atoms with E-state index in [2.05, 4.69) is 11.4 Å².